The van der Waals surface area contributed by atoms with E-state index in [9.17, 15) is 9.59 Å². The van der Waals surface area contributed by atoms with E-state index in [4.69, 9.17) is 0 Å². The predicted octanol–water partition coefficient (Wildman–Crippen LogP) is 2.55. The molecule has 0 aromatic carbocycles. The third-order valence-corrected chi connectivity index (χ3v) is 4.93. The second-order valence-electron chi connectivity index (χ2n) is 5.49. The summed E-state index contributed by atoms with van der Waals surface area (Å²) in [5, 5.41) is 3.58. The topological polar surface area (TPSA) is 68.3 Å². The summed E-state index contributed by atoms with van der Waals surface area (Å²) in [6.45, 7) is 3.82. The summed E-state index contributed by atoms with van der Waals surface area (Å²) in [7, 11) is 1.30. The van der Waals surface area contributed by atoms with Crippen molar-refractivity contribution in [3.05, 3.63) is 51.2 Å². The number of methoxy groups -OCH3 is 1. The number of rotatable bonds is 3. The zero-order valence-electron chi connectivity index (χ0n) is 12.6. The van der Waals surface area contributed by atoms with Crippen LogP contribution in [0.1, 0.15) is 38.5 Å². The number of Topliss-reactive ketones (excluding diaryl/α,β-unsaturated/α-hetero) is 1. The van der Waals surface area contributed by atoms with E-state index in [1.165, 1.54) is 18.4 Å². The van der Waals surface area contributed by atoms with Gasteiger partial charge in [0, 0.05) is 16.7 Å². The van der Waals surface area contributed by atoms with Crippen LogP contribution in [0.25, 0.3) is 0 Å². The zero-order chi connectivity index (χ0) is 15.9. The summed E-state index contributed by atoms with van der Waals surface area (Å²) in [6, 6.07) is 0. The van der Waals surface area contributed by atoms with Crippen LogP contribution >= 0.6 is 11.3 Å². The minimum absolute atomic E-state index is 0.166. The zero-order valence-corrected chi connectivity index (χ0v) is 13.4. The lowest BCUT2D eigenvalue weighted by molar-refractivity contribution is 0.0594. The lowest BCUT2D eigenvalue weighted by Gasteiger charge is -2.28. The number of aromatic nitrogens is 1. The van der Waals surface area contributed by atoms with Crippen LogP contribution in [0.3, 0.4) is 0 Å². The molecule has 22 heavy (non-hydrogen) atoms. The Morgan fingerprint density at radius 3 is 2.95 bits per heavy atom. The number of aryl methyl sites for hydroxylation is 1. The molecule has 1 atom stereocenters. The van der Waals surface area contributed by atoms with Crippen LogP contribution < -0.4 is 5.32 Å². The van der Waals surface area contributed by atoms with Crippen LogP contribution in [0.5, 0.6) is 0 Å². The Morgan fingerprint density at radius 2 is 2.23 bits per heavy atom. The fourth-order valence-corrected chi connectivity index (χ4v) is 3.53. The molecule has 1 aliphatic heterocycles. The molecule has 2 aliphatic rings. The van der Waals surface area contributed by atoms with E-state index >= 15 is 0 Å². The van der Waals surface area contributed by atoms with Crippen molar-refractivity contribution in [2.24, 2.45) is 0 Å². The standard InChI is InChI=1S/C16H16N2O3S/c1-9-12(15(20)21-3)18-14(22-9)13(19)10-8-17-16(2)7-5-4-6-11(10)16/h4-6,8,17H,7H2,1-3H3. The molecule has 2 heterocycles. The van der Waals surface area contributed by atoms with Gasteiger partial charge >= 0.3 is 5.97 Å². The van der Waals surface area contributed by atoms with Crippen molar-refractivity contribution in [3.63, 3.8) is 0 Å². The molecule has 0 bridgehead atoms. The quantitative estimate of drug-likeness (QED) is 0.685. The van der Waals surface area contributed by atoms with Crippen LogP contribution in [0, 0.1) is 6.92 Å². The van der Waals surface area contributed by atoms with E-state index in [0.717, 1.165) is 12.0 Å². The number of fused-ring (bicyclic) bond motifs is 1. The van der Waals surface area contributed by atoms with Crippen molar-refractivity contribution in [2.75, 3.05) is 7.11 Å². The van der Waals surface area contributed by atoms with E-state index in [1.54, 1.807) is 13.1 Å². The summed E-state index contributed by atoms with van der Waals surface area (Å²) >= 11 is 1.22. The smallest absolute Gasteiger partial charge is 0.357 e. The van der Waals surface area contributed by atoms with Crippen LogP contribution in [-0.2, 0) is 4.74 Å². The third-order valence-electron chi connectivity index (χ3n) is 3.96. The van der Waals surface area contributed by atoms with E-state index in [0.29, 0.717) is 15.5 Å². The van der Waals surface area contributed by atoms with E-state index < -0.39 is 5.97 Å². The number of hydrogen-bond donors (Lipinski definition) is 1. The van der Waals surface area contributed by atoms with Crippen LogP contribution in [0.15, 0.2) is 35.6 Å². The molecule has 5 nitrogen and oxygen atoms in total. The number of hydrogen-bond acceptors (Lipinski definition) is 6. The molecule has 0 spiro atoms. The maximum atomic E-state index is 12.7. The first-order valence-corrected chi connectivity index (χ1v) is 7.74. The van der Waals surface area contributed by atoms with E-state index in [1.807, 2.05) is 12.2 Å². The molecule has 1 aromatic rings. The SMILES string of the molecule is COC(=O)c1nc(C(=O)C2=CNC3(C)CC=CC=C23)sc1C. The fourth-order valence-electron chi connectivity index (χ4n) is 2.68. The molecule has 0 saturated carbocycles. The number of carbonyl (C=O) groups excluding carboxylic acids is 2. The minimum atomic E-state index is -0.518. The molecule has 0 amide bonds. The molecule has 0 saturated heterocycles. The molecule has 3 rings (SSSR count). The van der Waals surface area contributed by atoms with Gasteiger partial charge in [0.1, 0.15) is 0 Å². The second kappa shape index (κ2) is 5.21. The number of thiazole rings is 1. The van der Waals surface area contributed by atoms with Crippen molar-refractivity contribution in [3.8, 4) is 0 Å². The summed E-state index contributed by atoms with van der Waals surface area (Å²) in [4.78, 5) is 29.2. The van der Waals surface area contributed by atoms with Gasteiger partial charge in [0.05, 0.1) is 12.6 Å². The summed E-state index contributed by atoms with van der Waals surface area (Å²) < 4.78 is 4.68. The number of nitrogens with one attached hydrogen (secondary N) is 1. The predicted molar refractivity (Wildman–Crippen MR) is 84.0 cm³/mol. The van der Waals surface area contributed by atoms with Crippen molar-refractivity contribution < 1.29 is 14.3 Å². The highest BCUT2D eigenvalue weighted by atomic mass is 32.1. The highest BCUT2D eigenvalue weighted by Gasteiger charge is 2.38. The Morgan fingerprint density at radius 1 is 1.45 bits per heavy atom. The average Bonchev–Trinajstić information content (AvgIpc) is 3.06. The summed E-state index contributed by atoms with van der Waals surface area (Å²) in [5.41, 5.74) is 1.55. The highest BCUT2D eigenvalue weighted by Crippen LogP contribution is 2.37. The number of ketones is 1. The van der Waals surface area contributed by atoms with Crippen LogP contribution in [-0.4, -0.2) is 29.4 Å². The van der Waals surface area contributed by atoms with Crippen LogP contribution in [0.2, 0.25) is 0 Å². The lowest BCUT2D eigenvalue weighted by Crippen LogP contribution is -2.37. The molecule has 6 heteroatoms. The first kappa shape index (κ1) is 14.7. The van der Waals surface area contributed by atoms with Gasteiger partial charge in [-0.05, 0) is 25.8 Å². The van der Waals surface area contributed by atoms with Gasteiger partial charge in [-0.1, -0.05) is 18.2 Å². The van der Waals surface area contributed by atoms with Crippen molar-refractivity contribution in [1.82, 2.24) is 10.3 Å². The molecule has 0 radical (unpaired) electrons. The van der Waals surface area contributed by atoms with Gasteiger partial charge in [-0.15, -0.1) is 11.3 Å². The molecular weight excluding hydrogens is 300 g/mol. The highest BCUT2D eigenvalue weighted by molar-refractivity contribution is 7.14. The summed E-state index contributed by atoms with van der Waals surface area (Å²) in [5.74, 6) is -0.683. The van der Waals surface area contributed by atoms with Gasteiger partial charge in [0.25, 0.3) is 0 Å². The first-order chi connectivity index (χ1) is 10.5. The number of carbonyl (C=O) groups is 2. The molecule has 114 valence electrons. The van der Waals surface area contributed by atoms with Crippen LogP contribution in [0.4, 0.5) is 0 Å². The fraction of sp³-hybridized carbons (Fsp3) is 0.312. The van der Waals surface area contributed by atoms with Crippen molar-refractivity contribution in [1.29, 1.82) is 0 Å². The monoisotopic (exact) mass is 316 g/mol. The van der Waals surface area contributed by atoms with Gasteiger partial charge in [0.2, 0.25) is 5.78 Å². The molecule has 1 unspecified atom stereocenters. The van der Waals surface area contributed by atoms with Crippen molar-refractivity contribution in [2.45, 2.75) is 25.8 Å². The molecular formula is C16H16N2O3S. The third kappa shape index (κ3) is 2.20. The Labute approximate surface area is 132 Å². The molecule has 1 N–H and O–H groups in total. The van der Waals surface area contributed by atoms with Gasteiger partial charge in [-0.3, -0.25) is 4.79 Å². The van der Waals surface area contributed by atoms with Crippen molar-refractivity contribution >= 4 is 23.1 Å². The second-order valence-corrected chi connectivity index (χ2v) is 6.69. The Hall–Kier alpha value is -2.21. The Balaban J connectivity index is 1.94. The van der Waals surface area contributed by atoms with Gasteiger partial charge in [-0.25, -0.2) is 9.78 Å². The number of allylic oxidation sites excluding steroid dienone is 2. The minimum Gasteiger partial charge on any atom is -0.464 e. The first-order valence-electron chi connectivity index (χ1n) is 6.92. The Kier molecular flexibility index (Phi) is 3.48. The van der Waals surface area contributed by atoms with Gasteiger partial charge in [-0.2, -0.15) is 0 Å². The molecule has 1 aliphatic carbocycles. The van der Waals surface area contributed by atoms with E-state index in [-0.39, 0.29) is 17.0 Å². The van der Waals surface area contributed by atoms with Gasteiger partial charge in [0.15, 0.2) is 10.7 Å². The Bertz CT molecular complexity index is 757. The van der Waals surface area contributed by atoms with Gasteiger partial charge < -0.3 is 10.1 Å². The number of esters is 1. The maximum absolute atomic E-state index is 12.7. The maximum Gasteiger partial charge on any atom is 0.357 e. The molecule has 1 aromatic heterocycles. The summed E-state index contributed by atoms with van der Waals surface area (Å²) in [6.07, 6.45) is 8.56. The average molecular weight is 316 g/mol. The lowest BCUT2D eigenvalue weighted by atomic mass is 9.83. The normalized spacial score (nSPS) is 22.5. The molecule has 0 fully saturated rings. The number of nitrogens with zero attached hydrogens (tertiary/aromatic N) is 1. The number of ether oxygens (including phenoxy) is 1. The van der Waals surface area contributed by atoms with E-state index in [2.05, 4.69) is 28.0 Å². The largest absolute Gasteiger partial charge is 0.464 e.